The van der Waals surface area contributed by atoms with Crippen LogP contribution in [0.5, 0.6) is 0 Å². The lowest BCUT2D eigenvalue weighted by Gasteiger charge is -2.12. The molecule has 43 heavy (non-hydrogen) atoms. The highest BCUT2D eigenvalue weighted by molar-refractivity contribution is 8.00. The Kier molecular flexibility index (Phi) is 10.1. The molecule has 11 heteroatoms. The van der Waals surface area contributed by atoms with Crippen molar-refractivity contribution in [2.45, 2.75) is 30.6 Å². The zero-order chi connectivity index (χ0) is 30.2. The summed E-state index contributed by atoms with van der Waals surface area (Å²) in [5.41, 5.74) is 2.51. The van der Waals surface area contributed by atoms with Crippen molar-refractivity contribution in [1.29, 1.82) is 0 Å². The van der Waals surface area contributed by atoms with Gasteiger partial charge in [0.15, 0.2) is 0 Å². The second-order valence-corrected chi connectivity index (χ2v) is 12.8. The predicted octanol–water partition coefficient (Wildman–Crippen LogP) is 6.62. The highest BCUT2D eigenvalue weighted by Gasteiger charge is 2.27. The Morgan fingerprint density at radius 2 is 1.77 bits per heavy atom. The lowest BCUT2D eigenvalue weighted by molar-refractivity contribution is -0.114. The fraction of sp³-hybridized carbons (Fsp3) is 0.188. The quantitative estimate of drug-likeness (QED) is 0.103. The molecule has 0 saturated heterocycles. The summed E-state index contributed by atoms with van der Waals surface area (Å²) in [6.07, 6.45) is 5.41. The van der Waals surface area contributed by atoms with E-state index in [1.165, 1.54) is 41.5 Å². The molecule has 0 saturated carbocycles. The first kappa shape index (κ1) is 30.3. The van der Waals surface area contributed by atoms with Gasteiger partial charge in [0, 0.05) is 25.9 Å². The van der Waals surface area contributed by atoms with Crippen LogP contribution in [-0.4, -0.2) is 36.6 Å². The maximum Gasteiger partial charge on any atom is 0.341 e. The lowest BCUT2D eigenvalue weighted by atomic mass is 9.95. The molecule has 2 aromatic carbocycles. The Morgan fingerprint density at radius 3 is 2.53 bits per heavy atom. The van der Waals surface area contributed by atoms with Crippen molar-refractivity contribution in [2.75, 3.05) is 23.5 Å². The summed E-state index contributed by atoms with van der Waals surface area (Å²) >= 11 is 4.20. The molecule has 220 valence electrons. The summed E-state index contributed by atoms with van der Waals surface area (Å²) in [6.45, 7) is 0. The number of anilines is 2. The van der Waals surface area contributed by atoms with Crippen molar-refractivity contribution in [2.24, 2.45) is 0 Å². The van der Waals surface area contributed by atoms with E-state index in [9.17, 15) is 19.2 Å². The summed E-state index contributed by atoms with van der Waals surface area (Å²) in [4.78, 5) is 54.2. The van der Waals surface area contributed by atoms with E-state index >= 15 is 0 Å². The van der Waals surface area contributed by atoms with Crippen molar-refractivity contribution < 1.29 is 23.9 Å². The molecule has 0 aliphatic heterocycles. The van der Waals surface area contributed by atoms with Crippen molar-refractivity contribution in [3.63, 3.8) is 0 Å². The van der Waals surface area contributed by atoms with E-state index in [-0.39, 0.29) is 17.4 Å². The highest BCUT2D eigenvalue weighted by atomic mass is 32.2. The summed E-state index contributed by atoms with van der Waals surface area (Å²) < 4.78 is 5.00. The van der Waals surface area contributed by atoms with Crippen molar-refractivity contribution >= 4 is 74.9 Å². The molecule has 3 amide bonds. The number of rotatable bonds is 10. The van der Waals surface area contributed by atoms with Crippen molar-refractivity contribution in [1.82, 2.24) is 5.32 Å². The van der Waals surface area contributed by atoms with Crippen LogP contribution in [0, 0.1) is 0 Å². The molecule has 0 radical (unpaired) electrons. The first-order valence-corrected chi connectivity index (χ1v) is 16.3. The van der Waals surface area contributed by atoms with Gasteiger partial charge in [-0.1, -0.05) is 30.3 Å². The fourth-order valence-corrected chi connectivity index (χ4v) is 7.31. The third kappa shape index (κ3) is 7.81. The molecule has 5 rings (SSSR count). The first-order valence-electron chi connectivity index (χ1n) is 13.6. The smallest absolute Gasteiger partial charge is 0.341 e. The van der Waals surface area contributed by atoms with Crippen LogP contribution in [0.2, 0.25) is 0 Å². The van der Waals surface area contributed by atoms with Crippen LogP contribution in [0.15, 0.2) is 82.7 Å². The summed E-state index contributed by atoms with van der Waals surface area (Å²) in [7, 11) is 1.35. The predicted molar refractivity (Wildman–Crippen MR) is 173 cm³/mol. The standard InChI is InChI=1S/C32H29N3O5S3/c1-40-32(39)28-24-14-5-6-15-26(24)43-31(28)35-27(36)19-42-22-12-7-11-21(17-22)33-30(38)25(18-23-13-8-16-41-23)34-29(37)20-9-3-2-4-10-20/h2-4,7-13,16-18H,5-6,14-15,19H2,1H3,(H,33,38)(H,34,37)(H,35,36)/b25-18-. The van der Waals surface area contributed by atoms with Crippen LogP contribution in [0.3, 0.4) is 0 Å². The number of amides is 3. The van der Waals surface area contributed by atoms with Crippen LogP contribution in [-0.2, 0) is 27.2 Å². The Balaban J connectivity index is 1.24. The minimum atomic E-state index is -0.477. The number of hydrogen-bond acceptors (Lipinski definition) is 8. The van der Waals surface area contributed by atoms with Crippen LogP contribution in [0.4, 0.5) is 10.7 Å². The average molecular weight is 632 g/mol. The molecule has 0 atom stereocenters. The number of carbonyl (C=O) groups excluding carboxylic acids is 4. The molecule has 0 fully saturated rings. The summed E-state index contributed by atoms with van der Waals surface area (Å²) in [5, 5.41) is 10.9. The van der Waals surface area contributed by atoms with E-state index in [0.29, 0.717) is 21.8 Å². The van der Waals surface area contributed by atoms with Gasteiger partial charge in [-0.3, -0.25) is 14.4 Å². The first-order chi connectivity index (χ1) is 20.9. The van der Waals surface area contributed by atoms with Gasteiger partial charge in [0.05, 0.1) is 18.4 Å². The molecule has 0 bridgehead atoms. The van der Waals surface area contributed by atoms with Crippen molar-refractivity contribution in [3.8, 4) is 0 Å². The molecular weight excluding hydrogens is 603 g/mol. The second-order valence-electron chi connectivity index (χ2n) is 9.62. The Morgan fingerprint density at radius 1 is 0.953 bits per heavy atom. The van der Waals surface area contributed by atoms with Gasteiger partial charge in [-0.15, -0.1) is 34.4 Å². The zero-order valence-corrected chi connectivity index (χ0v) is 25.8. The normalized spacial score (nSPS) is 12.6. The number of benzene rings is 2. The van der Waals surface area contributed by atoms with Gasteiger partial charge in [0.25, 0.3) is 11.8 Å². The monoisotopic (exact) mass is 631 g/mol. The number of thioether (sulfide) groups is 1. The van der Waals surface area contributed by atoms with E-state index in [1.807, 2.05) is 29.6 Å². The molecule has 2 aromatic heterocycles. The van der Waals surface area contributed by atoms with Crippen LogP contribution >= 0.6 is 34.4 Å². The van der Waals surface area contributed by atoms with Gasteiger partial charge in [0.1, 0.15) is 10.7 Å². The zero-order valence-electron chi connectivity index (χ0n) is 23.3. The Bertz CT molecular complexity index is 1660. The molecule has 4 aromatic rings. The molecule has 1 aliphatic carbocycles. The molecular formula is C32H29N3O5S3. The van der Waals surface area contributed by atoms with E-state index in [0.717, 1.165) is 45.9 Å². The number of carbonyl (C=O) groups is 4. The lowest BCUT2D eigenvalue weighted by Crippen LogP contribution is -2.30. The van der Waals surface area contributed by atoms with Gasteiger partial charge in [-0.25, -0.2) is 4.79 Å². The third-order valence-corrected chi connectivity index (χ3v) is 9.65. The Hall–Kier alpha value is -4.19. The maximum absolute atomic E-state index is 13.3. The topological polar surface area (TPSA) is 114 Å². The van der Waals surface area contributed by atoms with E-state index in [2.05, 4.69) is 16.0 Å². The average Bonchev–Trinajstić information content (AvgIpc) is 3.67. The minimum absolute atomic E-state index is 0.105. The van der Waals surface area contributed by atoms with E-state index in [1.54, 1.807) is 48.5 Å². The molecule has 0 unspecified atom stereocenters. The largest absolute Gasteiger partial charge is 0.465 e. The molecule has 1 aliphatic rings. The number of aryl methyl sites for hydroxylation is 1. The Labute approximate surface area is 261 Å². The summed E-state index contributed by atoms with van der Waals surface area (Å²) in [6, 6.07) is 19.5. The van der Waals surface area contributed by atoms with Gasteiger partial charge in [-0.2, -0.15) is 0 Å². The number of methoxy groups -OCH3 is 1. The number of ether oxygens (including phenoxy) is 1. The van der Waals surface area contributed by atoms with Crippen LogP contribution < -0.4 is 16.0 Å². The van der Waals surface area contributed by atoms with Gasteiger partial charge < -0.3 is 20.7 Å². The fourth-order valence-electron chi connectivity index (χ4n) is 4.60. The second kappa shape index (κ2) is 14.3. The van der Waals surface area contributed by atoms with E-state index < -0.39 is 17.8 Å². The van der Waals surface area contributed by atoms with Gasteiger partial charge >= 0.3 is 5.97 Å². The number of fused-ring (bicyclic) bond motifs is 1. The van der Waals surface area contributed by atoms with Gasteiger partial charge in [-0.05, 0) is 79.1 Å². The number of esters is 1. The van der Waals surface area contributed by atoms with Gasteiger partial charge in [0.2, 0.25) is 5.91 Å². The minimum Gasteiger partial charge on any atom is -0.465 e. The highest BCUT2D eigenvalue weighted by Crippen LogP contribution is 2.38. The van der Waals surface area contributed by atoms with Crippen LogP contribution in [0.1, 0.15) is 48.9 Å². The van der Waals surface area contributed by atoms with Crippen LogP contribution in [0.25, 0.3) is 6.08 Å². The van der Waals surface area contributed by atoms with Crippen molar-refractivity contribution in [3.05, 3.63) is 104 Å². The number of thiophene rings is 2. The number of nitrogens with one attached hydrogen (secondary N) is 3. The SMILES string of the molecule is COC(=O)c1c(NC(=O)CSc2cccc(NC(=O)/C(=C/c3cccs3)NC(=O)c3ccccc3)c2)sc2c1CCCC2. The molecule has 2 heterocycles. The molecule has 0 spiro atoms. The number of hydrogen-bond donors (Lipinski definition) is 3. The third-order valence-electron chi connectivity index (χ3n) is 6.63. The maximum atomic E-state index is 13.3. The summed E-state index contributed by atoms with van der Waals surface area (Å²) in [5.74, 6) is -1.44. The molecule has 3 N–H and O–H groups in total. The van der Waals surface area contributed by atoms with E-state index in [4.69, 9.17) is 4.74 Å². The molecule has 8 nitrogen and oxygen atoms in total.